The van der Waals surface area contributed by atoms with E-state index >= 15 is 0 Å². The monoisotopic (exact) mass is 462 g/mol. The standard InChI is InChI=1S/C24H19ClN4O2S/c1-16(30)21(23(31)26-19-8-4-2-5-9-19)32-24-28-27-22(17-12-14-18(25)15-13-17)29(24)20-10-6-3-7-11-20/h2-15,21H,1H3,(H,26,31)/t21-/m1/s1. The van der Waals surface area contributed by atoms with Gasteiger partial charge in [-0.1, -0.05) is 59.8 Å². The van der Waals surface area contributed by atoms with E-state index in [-0.39, 0.29) is 5.78 Å². The van der Waals surface area contributed by atoms with Gasteiger partial charge in [-0.25, -0.2) is 0 Å². The molecular weight excluding hydrogens is 444 g/mol. The molecule has 0 saturated heterocycles. The number of ketones is 1. The second-order valence-electron chi connectivity index (χ2n) is 6.95. The smallest absolute Gasteiger partial charge is 0.245 e. The molecule has 0 radical (unpaired) electrons. The summed E-state index contributed by atoms with van der Waals surface area (Å²) in [6.07, 6.45) is 0. The highest BCUT2D eigenvalue weighted by molar-refractivity contribution is 8.01. The third-order valence-corrected chi connectivity index (χ3v) is 6.13. The molecule has 32 heavy (non-hydrogen) atoms. The molecule has 0 aliphatic carbocycles. The van der Waals surface area contributed by atoms with Crippen LogP contribution in [0.15, 0.2) is 90.1 Å². The van der Waals surface area contributed by atoms with Crippen LogP contribution in [-0.2, 0) is 9.59 Å². The number of hydrogen-bond donors (Lipinski definition) is 1. The zero-order chi connectivity index (χ0) is 22.5. The fourth-order valence-electron chi connectivity index (χ4n) is 3.10. The molecular formula is C24H19ClN4O2S. The van der Waals surface area contributed by atoms with Crippen molar-refractivity contribution in [1.29, 1.82) is 0 Å². The van der Waals surface area contributed by atoms with Gasteiger partial charge in [0, 0.05) is 22.0 Å². The summed E-state index contributed by atoms with van der Waals surface area (Å²) in [5, 5.41) is 11.5. The number of benzene rings is 3. The molecule has 0 saturated carbocycles. The van der Waals surface area contributed by atoms with Gasteiger partial charge in [-0.15, -0.1) is 10.2 Å². The van der Waals surface area contributed by atoms with Gasteiger partial charge in [0.05, 0.1) is 0 Å². The Bertz CT molecular complexity index is 1230. The number of nitrogens with zero attached hydrogens (tertiary/aromatic N) is 3. The zero-order valence-corrected chi connectivity index (χ0v) is 18.7. The maximum absolute atomic E-state index is 12.9. The van der Waals surface area contributed by atoms with Crippen molar-refractivity contribution in [2.75, 3.05) is 5.32 Å². The largest absolute Gasteiger partial charge is 0.325 e. The minimum atomic E-state index is -0.986. The molecule has 0 aliphatic rings. The van der Waals surface area contributed by atoms with Crippen LogP contribution in [0.2, 0.25) is 5.02 Å². The Morgan fingerprint density at radius 1 is 0.906 bits per heavy atom. The molecule has 1 N–H and O–H groups in total. The summed E-state index contributed by atoms with van der Waals surface area (Å²) in [6.45, 7) is 1.39. The van der Waals surface area contributed by atoms with Gasteiger partial charge in [0.15, 0.2) is 16.8 Å². The van der Waals surface area contributed by atoms with E-state index in [4.69, 9.17) is 11.6 Å². The van der Waals surface area contributed by atoms with Crippen LogP contribution in [0.1, 0.15) is 6.92 Å². The molecule has 0 unspecified atom stereocenters. The molecule has 160 valence electrons. The van der Waals surface area contributed by atoms with Crippen LogP contribution < -0.4 is 5.32 Å². The SMILES string of the molecule is CC(=O)[C@@H](Sc1nnc(-c2ccc(Cl)cc2)n1-c1ccccc1)C(=O)Nc1ccccc1. The van der Waals surface area contributed by atoms with Gasteiger partial charge in [0.2, 0.25) is 5.91 Å². The number of aromatic nitrogens is 3. The van der Waals surface area contributed by atoms with Crippen LogP contribution in [0.4, 0.5) is 5.69 Å². The molecule has 0 fully saturated rings. The van der Waals surface area contributed by atoms with Gasteiger partial charge in [-0.2, -0.15) is 0 Å². The number of anilines is 1. The molecule has 1 amide bonds. The Balaban J connectivity index is 1.71. The normalized spacial score (nSPS) is 11.7. The lowest BCUT2D eigenvalue weighted by atomic mass is 10.2. The third kappa shape index (κ3) is 4.90. The van der Waals surface area contributed by atoms with E-state index < -0.39 is 11.2 Å². The first kappa shape index (κ1) is 21.8. The predicted molar refractivity (Wildman–Crippen MR) is 127 cm³/mol. The highest BCUT2D eigenvalue weighted by Gasteiger charge is 2.28. The van der Waals surface area contributed by atoms with E-state index in [1.54, 1.807) is 24.3 Å². The average Bonchev–Trinajstić information content (AvgIpc) is 3.22. The van der Waals surface area contributed by atoms with Crippen LogP contribution in [0, 0.1) is 0 Å². The van der Waals surface area contributed by atoms with Crippen LogP contribution in [0.3, 0.4) is 0 Å². The fourth-order valence-corrected chi connectivity index (χ4v) is 4.15. The van der Waals surface area contributed by atoms with Crippen molar-refractivity contribution < 1.29 is 9.59 Å². The van der Waals surface area contributed by atoms with Gasteiger partial charge in [0.25, 0.3) is 0 Å². The predicted octanol–water partition coefficient (Wildman–Crippen LogP) is 5.28. The van der Waals surface area contributed by atoms with Crippen molar-refractivity contribution >= 4 is 40.7 Å². The summed E-state index contributed by atoms with van der Waals surface area (Å²) in [7, 11) is 0. The van der Waals surface area contributed by atoms with Crippen molar-refractivity contribution in [2.45, 2.75) is 17.3 Å². The van der Waals surface area contributed by atoms with Gasteiger partial charge >= 0.3 is 0 Å². The van der Waals surface area contributed by atoms with Gasteiger partial charge in [-0.3, -0.25) is 14.2 Å². The number of rotatable bonds is 7. The molecule has 8 heteroatoms. The van der Waals surface area contributed by atoms with Crippen molar-refractivity contribution in [2.24, 2.45) is 0 Å². The number of hydrogen-bond acceptors (Lipinski definition) is 5. The molecule has 1 aromatic heterocycles. The number of halogens is 1. The summed E-state index contributed by atoms with van der Waals surface area (Å²) in [4.78, 5) is 25.3. The summed E-state index contributed by atoms with van der Waals surface area (Å²) in [6, 6.07) is 25.8. The zero-order valence-electron chi connectivity index (χ0n) is 17.1. The minimum absolute atomic E-state index is 0.279. The Labute approximate surface area is 194 Å². The van der Waals surface area contributed by atoms with Gasteiger partial charge in [-0.05, 0) is 55.5 Å². The number of carbonyl (C=O) groups is 2. The van der Waals surface area contributed by atoms with E-state index in [0.717, 1.165) is 23.0 Å². The molecule has 1 heterocycles. The van der Waals surface area contributed by atoms with Gasteiger partial charge < -0.3 is 5.32 Å². The van der Waals surface area contributed by atoms with Crippen molar-refractivity contribution in [3.05, 3.63) is 90.0 Å². The first-order chi connectivity index (χ1) is 15.5. The quantitative estimate of drug-likeness (QED) is 0.299. The number of nitrogens with one attached hydrogen (secondary N) is 1. The molecule has 3 aromatic carbocycles. The van der Waals surface area contributed by atoms with Crippen LogP contribution in [0.25, 0.3) is 17.1 Å². The molecule has 4 aromatic rings. The lowest BCUT2D eigenvalue weighted by Crippen LogP contribution is -2.31. The maximum atomic E-state index is 12.9. The number of para-hydroxylation sites is 2. The molecule has 0 spiro atoms. The van der Waals surface area contributed by atoms with Crippen LogP contribution >= 0.6 is 23.4 Å². The Kier molecular flexibility index (Phi) is 6.68. The first-order valence-corrected chi connectivity index (χ1v) is 11.1. The van der Waals surface area contributed by atoms with E-state index in [1.165, 1.54) is 6.92 Å². The lowest BCUT2D eigenvalue weighted by molar-refractivity contribution is -0.123. The molecule has 0 bridgehead atoms. The Hall–Kier alpha value is -3.42. The van der Waals surface area contributed by atoms with Crippen LogP contribution in [0.5, 0.6) is 0 Å². The molecule has 4 rings (SSSR count). The van der Waals surface area contributed by atoms with E-state index in [2.05, 4.69) is 15.5 Å². The average molecular weight is 463 g/mol. The fraction of sp³-hybridized carbons (Fsp3) is 0.0833. The molecule has 0 aliphatic heterocycles. The van der Waals surface area contributed by atoms with E-state index in [0.29, 0.717) is 21.7 Å². The van der Waals surface area contributed by atoms with Crippen molar-refractivity contribution in [3.63, 3.8) is 0 Å². The minimum Gasteiger partial charge on any atom is -0.325 e. The molecule has 6 nitrogen and oxygen atoms in total. The summed E-state index contributed by atoms with van der Waals surface area (Å²) >= 11 is 7.10. The second-order valence-corrected chi connectivity index (χ2v) is 8.46. The second kappa shape index (κ2) is 9.80. The van der Waals surface area contributed by atoms with E-state index in [1.807, 2.05) is 65.2 Å². The number of amides is 1. The number of Topliss-reactive ketones (excluding diaryl/α,β-unsaturated/α-hetero) is 1. The highest BCUT2D eigenvalue weighted by atomic mass is 35.5. The molecule has 1 atom stereocenters. The van der Waals surface area contributed by atoms with Gasteiger partial charge in [0.1, 0.15) is 5.25 Å². The van der Waals surface area contributed by atoms with Crippen molar-refractivity contribution in [3.8, 4) is 17.1 Å². The first-order valence-electron chi connectivity index (χ1n) is 9.83. The number of carbonyl (C=O) groups excluding carboxylic acids is 2. The van der Waals surface area contributed by atoms with Crippen molar-refractivity contribution in [1.82, 2.24) is 14.8 Å². The van der Waals surface area contributed by atoms with Crippen LogP contribution in [-0.4, -0.2) is 31.7 Å². The Morgan fingerprint density at radius 2 is 1.53 bits per heavy atom. The summed E-state index contributed by atoms with van der Waals surface area (Å²) < 4.78 is 1.83. The summed E-state index contributed by atoms with van der Waals surface area (Å²) in [5.74, 6) is -0.107. The third-order valence-electron chi connectivity index (χ3n) is 4.62. The maximum Gasteiger partial charge on any atom is 0.245 e. The summed E-state index contributed by atoms with van der Waals surface area (Å²) in [5.41, 5.74) is 2.25. The Morgan fingerprint density at radius 3 is 2.16 bits per heavy atom. The lowest BCUT2D eigenvalue weighted by Gasteiger charge is -2.15. The number of thioether (sulfide) groups is 1. The van der Waals surface area contributed by atoms with E-state index in [9.17, 15) is 9.59 Å². The highest BCUT2D eigenvalue weighted by Crippen LogP contribution is 2.31. The topological polar surface area (TPSA) is 76.9 Å².